The molecular formula is C19H18N2O4. The molecule has 1 saturated heterocycles. The van der Waals surface area contributed by atoms with Crippen molar-refractivity contribution in [2.45, 2.75) is 13.0 Å². The number of ketones is 1. The summed E-state index contributed by atoms with van der Waals surface area (Å²) in [6, 6.07) is 16.9. The lowest BCUT2D eigenvalue weighted by molar-refractivity contribution is -0.138. The van der Waals surface area contributed by atoms with E-state index in [9.17, 15) is 14.4 Å². The van der Waals surface area contributed by atoms with Crippen molar-refractivity contribution in [3.63, 3.8) is 0 Å². The van der Waals surface area contributed by atoms with Gasteiger partial charge in [-0.2, -0.15) is 0 Å². The normalized spacial score (nSPS) is 16.7. The van der Waals surface area contributed by atoms with Crippen LogP contribution in [0.4, 0.5) is 5.69 Å². The fraction of sp³-hybridized carbons (Fsp3) is 0.211. The van der Waals surface area contributed by atoms with Crippen LogP contribution >= 0.6 is 0 Å². The second kappa shape index (κ2) is 7.17. The van der Waals surface area contributed by atoms with Crippen molar-refractivity contribution in [3.05, 3.63) is 60.2 Å². The Morgan fingerprint density at radius 2 is 1.76 bits per heavy atom. The fourth-order valence-corrected chi connectivity index (χ4v) is 2.80. The van der Waals surface area contributed by atoms with Crippen molar-refractivity contribution in [2.75, 3.05) is 11.4 Å². The minimum atomic E-state index is -0.996. The monoisotopic (exact) mass is 338 g/mol. The van der Waals surface area contributed by atoms with Crippen molar-refractivity contribution >= 4 is 23.3 Å². The summed E-state index contributed by atoms with van der Waals surface area (Å²) in [5.74, 6) is -1.87. The predicted molar refractivity (Wildman–Crippen MR) is 91.9 cm³/mol. The van der Waals surface area contributed by atoms with E-state index in [0.717, 1.165) is 5.56 Å². The van der Waals surface area contributed by atoms with E-state index in [1.165, 1.54) is 4.90 Å². The second-order valence-corrected chi connectivity index (χ2v) is 5.90. The number of nitrogens with zero attached hydrogens (tertiary/aromatic N) is 1. The molecule has 1 aliphatic heterocycles. The molecule has 2 aromatic carbocycles. The summed E-state index contributed by atoms with van der Waals surface area (Å²) in [5, 5.41) is 0. The molecule has 0 spiro atoms. The van der Waals surface area contributed by atoms with Crippen LogP contribution in [0.15, 0.2) is 54.6 Å². The van der Waals surface area contributed by atoms with Crippen molar-refractivity contribution in [3.8, 4) is 5.75 Å². The topological polar surface area (TPSA) is 89.7 Å². The first-order valence-electron chi connectivity index (χ1n) is 7.95. The molecule has 1 fully saturated rings. The van der Waals surface area contributed by atoms with E-state index in [0.29, 0.717) is 18.0 Å². The molecule has 2 amide bonds. The van der Waals surface area contributed by atoms with E-state index >= 15 is 0 Å². The lowest BCUT2D eigenvalue weighted by Crippen LogP contribution is -2.32. The van der Waals surface area contributed by atoms with Crippen LogP contribution in [-0.2, 0) is 21.0 Å². The molecule has 6 heteroatoms. The van der Waals surface area contributed by atoms with Crippen molar-refractivity contribution in [1.82, 2.24) is 0 Å². The van der Waals surface area contributed by atoms with Gasteiger partial charge in [0.25, 0.3) is 5.91 Å². The van der Waals surface area contributed by atoms with Crippen LogP contribution < -0.4 is 15.4 Å². The highest BCUT2D eigenvalue weighted by Crippen LogP contribution is 2.27. The quantitative estimate of drug-likeness (QED) is 0.811. The molecule has 1 heterocycles. The van der Waals surface area contributed by atoms with E-state index in [1.54, 1.807) is 24.3 Å². The Morgan fingerprint density at radius 1 is 1.08 bits per heavy atom. The highest BCUT2D eigenvalue weighted by molar-refractivity contribution is 6.37. The van der Waals surface area contributed by atoms with Crippen LogP contribution in [-0.4, -0.2) is 24.1 Å². The van der Waals surface area contributed by atoms with Crippen molar-refractivity contribution in [1.29, 1.82) is 0 Å². The first-order chi connectivity index (χ1) is 12.0. The number of rotatable bonds is 6. The number of anilines is 1. The number of benzene rings is 2. The van der Waals surface area contributed by atoms with Gasteiger partial charge in [-0.15, -0.1) is 0 Å². The molecule has 128 valence electrons. The average molecular weight is 338 g/mol. The Balaban J connectivity index is 1.63. The van der Waals surface area contributed by atoms with Crippen LogP contribution in [0, 0.1) is 5.92 Å². The minimum absolute atomic E-state index is 0.00797. The third kappa shape index (κ3) is 3.85. The zero-order valence-electron chi connectivity index (χ0n) is 13.6. The number of primary amides is 1. The first-order valence-corrected chi connectivity index (χ1v) is 7.95. The number of hydrogen-bond acceptors (Lipinski definition) is 4. The maximum Gasteiger partial charge on any atom is 0.285 e. The molecule has 1 aliphatic rings. The molecule has 3 rings (SSSR count). The summed E-state index contributed by atoms with van der Waals surface area (Å²) in [6.45, 7) is 0.628. The van der Waals surface area contributed by atoms with Crippen molar-refractivity contribution in [2.24, 2.45) is 11.7 Å². The molecule has 2 aromatic rings. The number of Topliss-reactive ketones (excluding diaryl/α,β-unsaturated/α-hetero) is 1. The van der Waals surface area contributed by atoms with Gasteiger partial charge in [0.05, 0.1) is 5.92 Å². The van der Waals surface area contributed by atoms with Gasteiger partial charge in [-0.25, -0.2) is 0 Å². The summed E-state index contributed by atoms with van der Waals surface area (Å²) >= 11 is 0. The van der Waals surface area contributed by atoms with E-state index in [-0.39, 0.29) is 18.9 Å². The van der Waals surface area contributed by atoms with Crippen LogP contribution in [0.5, 0.6) is 5.75 Å². The molecule has 1 unspecified atom stereocenters. The number of ether oxygens (including phenoxy) is 1. The minimum Gasteiger partial charge on any atom is -0.489 e. The number of carbonyl (C=O) groups excluding carboxylic acids is 3. The molecule has 25 heavy (non-hydrogen) atoms. The van der Waals surface area contributed by atoms with E-state index in [2.05, 4.69) is 0 Å². The zero-order chi connectivity index (χ0) is 17.8. The number of amides is 2. The van der Waals surface area contributed by atoms with Gasteiger partial charge in [-0.05, 0) is 29.8 Å². The van der Waals surface area contributed by atoms with Gasteiger partial charge in [0.1, 0.15) is 12.4 Å². The Bertz CT molecular complexity index is 787. The Labute approximate surface area is 145 Å². The lowest BCUT2D eigenvalue weighted by atomic mass is 10.0. The van der Waals surface area contributed by atoms with Gasteiger partial charge < -0.3 is 15.4 Å². The molecule has 0 saturated carbocycles. The maximum atomic E-state index is 12.1. The van der Waals surface area contributed by atoms with Gasteiger partial charge in [-0.1, -0.05) is 30.3 Å². The highest BCUT2D eigenvalue weighted by atomic mass is 16.5. The van der Waals surface area contributed by atoms with Gasteiger partial charge in [-0.3, -0.25) is 14.4 Å². The number of nitrogens with two attached hydrogens (primary N) is 1. The molecule has 0 bridgehead atoms. The average Bonchev–Trinajstić information content (AvgIpc) is 3.02. The maximum absolute atomic E-state index is 12.1. The third-order valence-corrected chi connectivity index (χ3v) is 4.14. The van der Waals surface area contributed by atoms with Crippen LogP contribution in [0.2, 0.25) is 0 Å². The zero-order valence-corrected chi connectivity index (χ0v) is 13.6. The van der Waals surface area contributed by atoms with Gasteiger partial charge in [0.15, 0.2) is 0 Å². The van der Waals surface area contributed by atoms with Gasteiger partial charge in [0.2, 0.25) is 11.7 Å². The number of hydrogen-bond donors (Lipinski definition) is 1. The van der Waals surface area contributed by atoms with Crippen LogP contribution in [0.25, 0.3) is 0 Å². The molecule has 0 radical (unpaired) electrons. The lowest BCUT2D eigenvalue weighted by Gasteiger charge is -2.17. The first kappa shape index (κ1) is 16.7. The summed E-state index contributed by atoms with van der Waals surface area (Å²) < 4.78 is 5.71. The molecule has 2 N–H and O–H groups in total. The molecular weight excluding hydrogens is 320 g/mol. The molecule has 6 nitrogen and oxygen atoms in total. The summed E-state index contributed by atoms with van der Waals surface area (Å²) in [6.07, 6.45) is 0.00797. The van der Waals surface area contributed by atoms with E-state index < -0.39 is 17.6 Å². The van der Waals surface area contributed by atoms with E-state index in [4.69, 9.17) is 10.5 Å². The van der Waals surface area contributed by atoms with E-state index in [1.807, 2.05) is 30.3 Å². The van der Waals surface area contributed by atoms with Crippen LogP contribution in [0.3, 0.4) is 0 Å². The Kier molecular flexibility index (Phi) is 4.79. The summed E-state index contributed by atoms with van der Waals surface area (Å²) in [5.41, 5.74) is 6.74. The Morgan fingerprint density at radius 3 is 2.40 bits per heavy atom. The van der Waals surface area contributed by atoms with Crippen LogP contribution in [0.1, 0.15) is 12.0 Å². The standard InChI is InChI=1S/C19H18N2O4/c20-19(24)18(23)14-10-17(22)21(11-14)15-6-8-16(9-7-15)25-12-13-4-2-1-3-5-13/h1-9,14H,10-12H2,(H2,20,24). The summed E-state index contributed by atoms with van der Waals surface area (Å²) in [7, 11) is 0. The largest absolute Gasteiger partial charge is 0.489 e. The molecule has 0 aromatic heterocycles. The smallest absolute Gasteiger partial charge is 0.285 e. The fourth-order valence-electron chi connectivity index (χ4n) is 2.80. The summed E-state index contributed by atoms with van der Waals surface area (Å²) in [4.78, 5) is 36.3. The molecule has 1 atom stereocenters. The third-order valence-electron chi connectivity index (χ3n) is 4.14. The highest BCUT2D eigenvalue weighted by Gasteiger charge is 2.36. The molecule has 0 aliphatic carbocycles. The van der Waals surface area contributed by atoms with Crippen molar-refractivity contribution < 1.29 is 19.1 Å². The van der Waals surface area contributed by atoms with Gasteiger partial charge in [0, 0.05) is 18.7 Å². The predicted octanol–water partition coefficient (Wildman–Crippen LogP) is 1.67. The Hall–Kier alpha value is -3.15. The van der Waals surface area contributed by atoms with Gasteiger partial charge >= 0.3 is 0 Å². The SMILES string of the molecule is NC(=O)C(=O)C1CC(=O)N(c2ccc(OCc3ccccc3)cc2)C1. The second-order valence-electron chi connectivity index (χ2n) is 5.90. The number of carbonyl (C=O) groups is 3.